The number of aromatic nitrogens is 1. The number of aliphatic hydroxyl groups excluding tert-OH is 1. The summed E-state index contributed by atoms with van der Waals surface area (Å²) in [6.07, 6.45) is 3.11. The number of methoxy groups -OCH3 is 1. The molecule has 2 unspecified atom stereocenters. The van der Waals surface area contributed by atoms with Crippen LogP contribution in [0.3, 0.4) is 0 Å². The lowest BCUT2D eigenvalue weighted by molar-refractivity contribution is 0.198. The Morgan fingerprint density at radius 2 is 2.13 bits per heavy atom. The quantitative estimate of drug-likeness (QED) is 0.733. The minimum atomic E-state index is -0.801. The number of hydrogen-bond acceptors (Lipinski definition) is 4. The standard InChI is InChI=1S/C18H22N2O3/c1-23-17-6-4-5-14(11-17)9-15(10-16(21)12-19)13-20-8-3-2-7-18(20)22/h2-8,11-12,15-16,19,21H,9-10,13H2,1H3. The van der Waals surface area contributed by atoms with E-state index in [0.29, 0.717) is 19.4 Å². The molecule has 0 fully saturated rings. The minimum Gasteiger partial charge on any atom is -0.497 e. The lowest BCUT2D eigenvalue weighted by Gasteiger charge is -2.20. The number of aliphatic hydroxyl groups is 1. The van der Waals surface area contributed by atoms with E-state index in [9.17, 15) is 9.90 Å². The smallest absolute Gasteiger partial charge is 0.250 e. The van der Waals surface area contributed by atoms with Gasteiger partial charge in [-0.05, 0) is 42.5 Å². The summed E-state index contributed by atoms with van der Waals surface area (Å²) in [6.45, 7) is 0.502. The fourth-order valence-electron chi connectivity index (χ4n) is 2.65. The van der Waals surface area contributed by atoms with Gasteiger partial charge in [-0.25, -0.2) is 0 Å². The van der Waals surface area contributed by atoms with E-state index in [1.807, 2.05) is 30.3 Å². The molecule has 0 saturated carbocycles. The summed E-state index contributed by atoms with van der Waals surface area (Å²) in [5.74, 6) is 0.824. The first-order chi connectivity index (χ1) is 11.1. The zero-order chi connectivity index (χ0) is 16.7. The van der Waals surface area contributed by atoms with Gasteiger partial charge < -0.3 is 19.8 Å². The van der Waals surface area contributed by atoms with Crippen molar-refractivity contribution < 1.29 is 9.84 Å². The zero-order valence-corrected chi connectivity index (χ0v) is 13.2. The normalized spacial score (nSPS) is 13.3. The summed E-state index contributed by atoms with van der Waals surface area (Å²) in [4.78, 5) is 11.9. The van der Waals surface area contributed by atoms with Crippen LogP contribution in [-0.4, -0.2) is 29.1 Å². The van der Waals surface area contributed by atoms with Gasteiger partial charge in [-0.2, -0.15) is 0 Å². The Labute approximate surface area is 135 Å². The number of nitrogens with one attached hydrogen (secondary N) is 1. The molecule has 0 saturated heterocycles. The summed E-state index contributed by atoms with van der Waals surface area (Å²) in [5.41, 5.74) is 1.02. The number of rotatable bonds is 8. The molecule has 2 rings (SSSR count). The van der Waals surface area contributed by atoms with Gasteiger partial charge in [-0.15, -0.1) is 0 Å². The molecule has 23 heavy (non-hydrogen) atoms. The van der Waals surface area contributed by atoms with Gasteiger partial charge in [-0.1, -0.05) is 18.2 Å². The predicted molar refractivity (Wildman–Crippen MR) is 90.3 cm³/mol. The van der Waals surface area contributed by atoms with E-state index in [0.717, 1.165) is 17.5 Å². The summed E-state index contributed by atoms with van der Waals surface area (Å²) >= 11 is 0. The van der Waals surface area contributed by atoms with E-state index >= 15 is 0 Å². The molecule has 2 atom stereocenters. The molecule has 5 heteroatoms. The fraction of sp³-hybridized carbons (Fsp3) is 0.333. The highest BCUT2D eigenvalue weighted by Gasteiger charge is 2.15. The molecule has 0 aliphatic rings. The van der Waals surface area contributed by atoms with Crippen molar-refractivity contribution in [3.63, 3.8) is 0 Å². The maximum absolute atomic E-state index is 11.9. The van der Waals surface area contributed by atoms with Crippen molar-refractivity contribution in [2.45, 2.75) is 25.5 Å². The number of benzene rings is 1. The first-order valence-electron chi connectivity index (χ1n) is 7.59. The molecular weight excluding hydrogens is 292 g/mol. The molecule has 1 heterocycles. The number of hydrogen-bond donors (Lipinski definition) is 2. The number of pyridine rings is 1. The molecule has 2 N–H and O–H groups in total. The number of ether oxygens (including phenoxy) is 1. The zero-order valence-electron chi connectivity index (χ0n) is 13.2. The molecule has 122 valence electrons. The van der Waals surface area contributed by atoms with Gasteiger partial charge in [0.25, 0.3) is 5.56 Å². The van der Waals surface area contributed by atoms with Gasteiger partial charge >= 0.3 is 0 Å². The van der Waals surface area contributed by atoms with Crippen LogP contribution in [0.25, 0.3) is 0 Å². The minimum absolute atomic E-state index is 0.0406. The summed E-state index contributed by atoms with van der Waals surface area (Å²) in [7, 11) is 1.62. The third-order valence-electron chi connectivity index (χ3n) is 3.78. The molecule has 0 amide bonds. The van der Waals surface area contributed by atoms with Crippen molar-refractivity contribution >= 4 is 6.21 Å². The first-order valence-corrected chi connectivity index (χ1v) is 7.59. The topological polar surface area (TPSA) is 75.3 Å². The van der Waals surface area contributed by atoms with Gasteiger partial charge in [0.05, 0.1) is 13.2 Å². The summed E-state index contributed by atoms with van der Waals surface area (Å²) in [5, 5.41) is 17.0. The van der Waals surface area contributed by atoms with Crippen LogP contribution < -0.4 is 10.3 Å². The molecule has 1 aromatic heterocycles. The van der Waals surface area contributed by atoms with Gasteiger partial charge in [0.2, 0.25) is 0 Å². The molecule has 0 spiro atoms. The second-order valence-corrected chi connectivity index (χ2v) is 5.58. The highest BCUT2D eigenvalue weighted by atomic mass is 16.5. The summed E-state index contributed by atoms with van der Waals surface area (Å²) < 4.78 is 6.88. The van der Waals surface area contributed by atoms with Gasteiger partial charge in [0.1, 0.15) is 5.75 Å². The molecule has 0 radical (unpaired) electrons. The maximum atomic E-state index is 11.9. The fourth-order valence-corrected chi connectivity index (χ4v) is 2.65. The van der Waals surface area contributed by atoms with Crippen LogP contribution in [-0.2, 0) is 13.0 Å². The van der Waals surface area contributed by atoms with Crippen LogP contribution in [0.1, 0.15) is 12.0 Å². The van der Waals surface area contributed by atoms with Crippen molar-refractivity contribution in [2.75, 3.05) is 7.11 Å². The third-order valence-corrected chi connectivity index (χ3v) is 3.78. The van der Waals surface area contributed by atoms with Crippen molar-refractivity contribution in [3.05, 3.63) is 64.6 Å². The largest absolute Gasteiger partial charge is 0.497 e. The first kappa shape index (κ1) is 17.0. The molecule has 2 aromatic rings. The van der Waals surface area contributed by atoms with E-state index in [1.165, 1.54) is 6.07 Å². The Balaban J connectivity index is 2.18. The van der Waals surface area contributed by atoms with Crippen molar-refractivity contribution in [1.29, 1.82) is 5.41 Å². The van der Waals surface area contributed by atoms with Crippen LogP contribution in [0, 0.1) is 11.3 Å². The SMILES string of the molecule is COc1cccc(CC(CC(O)C=N)Cn2ccccc2=O)c1. The molecule has 0 aliphatic heterocycles. The Morgan fingerprint density at radius 3 is 2.83 bits per heavy atom. The van der Waals surface area contributed by atoms with E-state index < -0.39 is 6.10 Å². The third kappa shape index (κ3) is 5.07. The van der Waals surface area contributed by atoms with E-state index in [1.54, 1.807) is 23.9 Å². The average Bonchev–Trinajstić information content (AvgIpc) is 2.57. The molecule has 0 aliphatic carbocycles. The molecule has 0 bridgehead atoms. The molecule has 5 nitrogen and oxygen atoms in total. The molecular formula is C18H22N2O3. The predicted octanol–water partition coefficient (Wildman–Crippen LogP) is 2.12. The average molecular weight is 314 g/mol. The number of nitrogens with zero attached hydrogens (tertiary/aromatic N) is 1. The Kier molecular flexibility index (Phi) is 6.11. The monoisotopic (exact) mass is 314 g/mol. The van der Waals surface area contributed by atoms with Crippen LogP contribution in [0.4, 0.5) is 0 Å². The lowest BCUT2D eigenvalue weighted by atomic mass is 9.93. The molecule has 1 aromatic carbocycles. The van der Waals surface area contributed by atoms with Crippen LogP contribution in [0.5, 0.6) is 5.75 Å². The van der Waals surface area contributed by atoms with E-state index in [4.69, 9.17) is 10.1 Å². The van der Waals surface area contributed by atoms with Gasteiger partial charge in [0, 0.05) is 25.0 Å². The maximum Gasteiger partial charge on any atom is 0.250 e. The second-order valence-electron chi connectivity index (χ2n) is 5.58. The van der Waals surface area contributed by atoms with Gasteiger partial charge in [0.15, 0.2) is 0 Å². The Bertz CT molecular complexity index is 696. The Morgan fingerprint density at radius 1 is 1.30 bits per heavy atom. The summed E-state index contributed by atoms with van der Waals surface area (Å²) in [6, 6.07) is 12.8. The van der Waals surface area contributed by atoms with E-state index in [2.05, 4.69) is 0 Å². The van der Waals surface area contributed by atoms with Crippen LogP contribution in [0.15, 0.2) is 53.5 Å². The van der Waals surface area contributed by atoms with Crippen molar-refractivity contribution in [2.24, 2.45) is 5.92 Å². The van der Waals surface area contributed by atoms with E-state index in [-0.39, 0.29) is 11.5 Å². The van der Waals surface area contributed by atoms with Crippen molar-refractivity contribution in [1.82, 2.24) is 4.57 Å². The van der Waals surface area contributed by atoms with Crippen LogP contribution in [0.2, 0.25) is 0 Å². The van der Waals surface area contributed by atoms with Crippen LogP contribution >= 0.6 is 0 Å². The lowest BCUT2D eigenvalue weighted by Crippen LogP contribution is -2.26. The second kappa shape index (κ2) is 8.29. The van der Waals surface area contributed by atoms with Crippen molar-refractivity contribution in [3.8, 4) is 5.75 Å². The highest BCUT2D eigenvalue weighted by molar-refractivity contribution is 5.58. The van der Waals surface area contributed by atoms with Gasteiger partial charge in [-0.3, -0.25) is 4.79 Å². The highest BCUT2D eigenvalue weighted by Crippen LogP contribution is 2.19. The Hall–Kier alpha value is -2.40.